The second kappa shape index (κ2) is 9.16. The van der Waals surface area contributed by atoms with Crippen LogP contribution in [-0.2, 0) is 16.6 Å². The van der Waals surface area contributed by atoms with Gasteiger partial charge in [0, 0.05) is 18.0 Å². The van der Waals surface area contributed by atoms with Gasteiger partial charge in [0.05, 0.1) is 18.5 Å². The highest BCUT2D eigenvalue weighted by atomic mass is 32.2. The summed E-state index contributed by atoms with van der Waals surface area (Å²) in [7, 11) is -3.02. The summed E-state index contributed by atoms with van der Waals surface area (Å²) in [5, 5.41) is 4.18. The average molecular weight is 489 g/mol. The van der Waals surface area contributed by atoms with Crippen molar-refractivity contribution >= 4 is 33.0 Å². The van der Waals surface area contributed by atoms with E-state index in [2.05, 4.69) is 5.32 Å². The van der Waals surface area contributed by atoms with E-state index in [0.29, 0.717) is 11.3 Å². The molecule has 170 valence electrons. The number of thiophene rings is 1. The molecule has 2 aromatic heterocycles. The van der Waals surface area contributed by atoms with Crippen molar-refractivity contribution in [2.45, 2.75) is 11.4 Å². The molecule has 0 bridgehead atoms. The predicted molar refractivity (Wildman–Crippen MR) is 122 cm³/mol. The molecule has 0 spiro atoms. The second-order valence-corrected chi connectivity index (χ2v) is 9.81. The van der Waals surface area contributed by atoms with E-state index in [0.717, 1.165) is 21.7 Å². The minimum atomic E-state index is -4.30. The largest absolute Gasteiger partial charge is 0.467 e. The number of rotatable bonds is 7. The highest BCUT2D eigenvalue weighted by Gasteiger charge is 2.32. The Bertz CT molecular complexity index is 1380. The van der Waals surface area contributed by atoms with Crippen LogP contribution in [0.3, 0.4) is 0 Å². The van der Waals surface area contributed by atoms with Gasteiger partial charge in [-0.05, 0) is 48.0 Å². The van der Waals surface area contributed by atoms with Gasteiger partial charge in [-0.3, -0.25) is 9.10 Å². The Kier molecular flexibility index (Phi) is 6.30. The van der Waals surface area contributed by atoms with Gasteiger partial charge in [0.2, 0.25) is 0 Å². The predicted octanol–water partition coefficient (Wildman–Crippen LogP) is 5.04. The molecule has 1 amide bonds. The van der Waals surface area contributed by atoms with E-state index < -0.39 is 27.6 Å². The van der Waals surface area contributed by atoms with E-state index in [1.165, 1.54) is 61.2 Å². The third-order valence-corrected chi connectivity index (χ3v) is 7.88. The van der Waals surface area contributed by atoms with Gasteiger partial charge in [0.1, 0.15) is 27.2 Å². The lowest BCUT2D eigenvalue weighted by molar-refractivity contribution is 0.0949. The molecule has 4 aromatic rings. The molecule has 0 unspecified atom stereocenters. The van der Waals surface area contributed by atoms with Crippen LogP contribution < -0.4 is 9.62 Å². The number of anilines is 1. The first-order valence-electron chi connectivity index (χ1n) is 9.70. The Labute approximate surface area is 193 Å². The first-order valence-corrected chi connectivity index (χ1v) is 12.0. The number of furan rings is 1. The number of hydrogen-bond acceptors (Lipinski definition) is 5. The molecular formula is C23H18F2N2O4S2. The lowest BCUT2D eigenvalue weighted by Gasteiger charge is -2.21. The minimum absolute atomic E-state index is 0.0517. The quantitative estimate of drug-likeness (QED) is 0.395. The molecule has 2 aromatic carbocycles. The zero-order valence-electron chi connectivity index (χ0n) is 17.3. The highest BCUT2D eigenvalue weighted by molar-refractivity contribution is 7.93. The topological polar surface area (TPSA) is 79.6 Å². The van der Waals surface area contributed by atoms with E-state index >= 15 is 0 Å². The minimum Gasteiger partial charge on any atom is -0.467 e. The Hall–Kier alpha value is -3.50. The summed E-state index contributed by atoms with van der Waals surface area (Å²) in [5.74, 6) is -1.20. The van der Waals surface area contributed by atoms with Crippen LogP contribution in [-0.4, -0.2) is 21.4 Å². The molecule has 0 aliphatic carbocycles. The van der Waals surface area contributed by atoms with Crippen molar-refractivity contribution in [3.63, 3.8) is 0 Å². The molecule has 0 fully saturated rings. The van der Waals surface area contributed by atoms with Crippen molar-refractivity contribution in [3.05, 3.63) is 94.6 Å². The maximum atomic E-state index is 13.8. The molecule has 0 aliphatic rings. The molecule has 0 saturated carbocycles. The van der Waals surface area contributed by atoms with Crippen LogP contribution in [0.4, 0.5) is 14.5 Å². The maximum absolute atomic E-state index is 13.8. The normalized spacial score (nSPS) is 11.4. The van der Waals surface area contributed by atoms with Crippen molar-refractivity contribution in [1.82, 2.24) is 5.32 Å². The van der Waals surface area contributed by atoms with E-state index in [4.69, 9.17) is 4.42 Å². The van der Waals surface area contributed by atoms with Gasteiger partial charge in [0.15, 0.2) is 0 Å². The van der Waals surface area contributed by atoms with Crippen LogP contribution in [0.2, 0.25) is 0 Å². The number of amides is 1. The fourth-order valence-electron chi connectivity index (χ4n) is 3.20. The van der Waals surface area contributed by atoms with Gasteiger partial charge >= 0.3 is 0 Å². The zero-order chi connectivity index (χ0) is 23.6. The number of hydrogen-bond donors (Lipinski definition) is 1. The third kappa shape index (κ3) is 4.67. The number of nitrogens with zero attached hydrogens (tertiary/aromatic N) is 1. The van der Waals surface area contributed by atoms with E-state index in [-0.39, 0.29) is 27.6 Å². The number of benzene rings is 2. The Morgan fingerprint density at radius 1 is 1.06 bits per heavy atom. The average Bonchev–Trinajstić information content (AvgIpc) is 3.48. The summed E-state index contributed by atoms with van der Waals surface area (Å²) in [6, 6.07) is 13.7. The molecule has 1 N–H and O–H groups in total. The van der Waals surface area contributed by atoms with Gasteiger partial charge in [-0.2, -0.15) is 0 Å². The molecule has 33 heavy (non-hydrogen) atoms. The van der Waals surface area contributed by atoms with Gasteiger partial charge in [-0.1, -0.05) is 18.2 Å². The zero-order valence-corrected chi connectivity index (χ0v) is 18.9. The molecule has 4 rings (SSSR count). The van der Waals surface area contributed by atoms with E-state index in [1.807, 2.05) is 0 Å². The third-order valence-electron chi connectivity index (χ3n) is 4.90. The molecule has 0 aliphatic heterocycles. The summed E-state index contributed by atoms with van der Waals surface area (Å²) in [6.45, 7) is 0.0643. The summed E-state index contributed by atoms with van der Waals surface area (Å²) in [5.41, 5.74) is 0.753. The van der Waals surface area contributed by atoms with E-state index in [9.17, 15) is 22.0 Å². The van der Waals surface area contributed by atoms with Crippen LogP contribution in [0.5, 0.6) is 0 Å². The van der Waals surface area contributed by atoms with Crippen molar-refractivity contribution in [2.75, 3.05) is 11.4 Å². The smallest absolute Gasteiger partial charge is 0.266 e. The molecule has 0 radical (unpaired) electrons. The first-order chi connectivity index (χ1) is 15.8. The monoisotopic (exact) mass is 488 g/mol. The highest BCUT2D eigenvalue weighted by Crippen LogP contribution is 2.38. The molecule has 2 heterocycles. The van der Waals surface area contributed by atoms with Crippen molar-refractivity contribution in [1.29, 1.82) is 0 Å². The molecule has 10 heteroatoms. The van der Waals surface area contributed by atoms with Crippen LogP contribution in [0.25, 0.3) is 11.1 Å². The Morgan fingerprint density at radius 3 is 2.48 bits per heavy atom. The van der Waals surface area contributed by atoms with Crippen molar-refractivity contribution < 1.29 is 26.4 Å². The van der Waals surface area contributed by atoms with Crippen LogP contribution >= 0.6 is 11.3 Å². The van der Waals surface area contributed by atoms with Gasteiger partial charge in [-0.15, -0.1) is 11.3 Å². The number of carbonyl (C=O) groups excluding carboxylic acids is 1. The fraction of sp³-hybridized carbons (Fsp3) is 0.0870. The standard InChI is InChI=1S/C23H18F2N2O4S2/c1-27(18-5-2-4-17(25)12-18)33(29,30)22-20(15-7-9-16(24)10-8-15)14-32-21(22)23(28)26-13-19-6-3-11-31-19/h2-12,14H,13H2,1H3,(H,26,28). The Balaban J connectivity index is 1.79. The maximum Gasteiger partial charge on any atom is 0.266 e. The lowest BCUT2D eigenvalue weighted by atomic mass is 10.1. The van der Waals surface area contributed by atoms with Crippen LogP contribution in [0, 0.1) is 11.6 Å². The summed E-state index contributed by atoms with van der Waals surface area (Å²) >= 11 is 0.947. The molecule has 0 atom stereocenters. The van der Waals surface area contributed by atoms with Gasteiger partial charge in [-0.25, -0.2) is 17.2 Å². The number of nitrogens with one attached hydrogen (secondary N) is 1. The SMILES string of the molecule is CN(c1cccc(F)c1)S(=O)(=O)c1c(-c2ccc(F)cc2)csc1C(=O)NCc1ccco1. The lowest BCUT2D eigenvalue weighted by Crippen LogP contribution is -2.30. The number of sulfonamides is 1. The van der Waals surface area contributed by atoms with E-state index in [1.54, 1.807) is 12.1 Å². The summed E-state index contributed by atoms with van der Waals surface area (Å²) < 4.78 is 60.7. The van der Waals surface area contributed by atoms with Crippen LogP contribution in [0.15, 0.2) is 81.6 Å². The summed E-state index contributed by atoms with van der Waals surface area (Å²) in [4.78, 5) is 12.7. The molecule has 0 saturated heterocycles. The van der Waals surface area contributed by atoms with Gasteiger partial charge < -0.3 is 9.73 Å². The number of halogens is 2. The molecule has 6 nitrogen and oxygen atoms in total. The molecular weight excluding hydrogens is 470 g/mol. The second-order valence-electron chi connectivity index (χ2n) is 7.03. The number of carbonyl (C=O) groups is 1. The summed E-state index contributed by atoms with van der Waals surface area (Å²) in [6.07, 6.45) is 1.46. The first kappa shape index (κ1) is 22.7. The van der Waals surface area contributed by atoms with Crippen LogP contribution in [0.1, 0.15) is 15.4 Å². The fourth-order valence-corrected chi connectivity index (χ4v) is 6.06. The van der Waals surface area contributed by atoms with Crippen molar-refractivity contribution in [3.8, 4) is 11.1 Å². The van der Waals surface area contributed by atoms with Gasteiger partial charge in [0.25, 0.3) is 15.9 Å². The van der Waals surface area contributed by atoms with Crippen molar-refractivity contribution in [2.24, 2.45) is 0 Å². The Morgan fingerprint density at radius 2 is 1.82 bits per heavy atom.